The van der Waals surface area contributed by atoms with Gasteiger partial charge in [-0.2, -0.15) is 0 Å². The molecule has 6 nitrogen and oxygen atoms in total. The number of hydrogen-bond donors (Lipinski definition) is 1. The zero-order valence-electron chi connectivity index (χ0n) is 13.8. The Hall–Kier alpha value is -1.60. The fourth-order valence-corrected chi connectivity index (χ4v) is 3.51. The Bertz CT molecular complexity index is 673. The summed E-state index contributed by atoms with van der Waals surface area (Å²) < 4.78 is 30.8. The molecule has 0 bridgehead atoms. The van der Waals surface area contributed by atoms with Crippen molar-refractivity contribution in [2.75, 3.05) is 26.0 Å². The first kappa shape index (κ1) is 17.7. The minimum atomic E-state index is -3.26. The number of benzene rings is 1. The molecule has 0 aliphatic carbocycles. The third-order valence-corrected chi connectivity index (χ3v) is 4.82. The highest BCUT2D eigenvalue weighted by atomic mass is 32.2. The van der Waals surface area contributed by atoms with Gasteiger partial charge in [0, 0.05) is 19.1 Å². The summed E-state index contributed by atoms with van der Waals surface area (Å²) in [6.07, 6.45) is 2.66. The molecule has 128 valence electrons. The molecule has 1 amide bonds. The van der Waals surface area contributed by atoms with Gasteiger partial charge >= 0.3 is 0 Å². The molecule has 1 saturated heterocycles. The second-order valence-corrected chi connectivity index (χ2v) is 7.84. The number of carbonyl (C=O) groups excluding carboxylic acids is 1. The summed E-state index contributed by atoms with van der Waals surface area (Å²) in [5.41, 5.74) is 2.14. The van der Waals surface area contributed by atoms with Crippen molar-refractivity contribution in [3.05, 3.63) is 29.3 Å². The fraction of sp³-hybridized carbons (Fsp3) is 0.562. The van der Waals surface area contributed by atoms with Crippen LogP contribution in [0.15, 0.2) is 18.2 Å². The van der Waals surface area contributed by atoms with Gasteiger partial charge in [0.25, 0.3) is 5.91 Å². The molecule has 7 heteroatoms. The van der Waals surface area contributed by atoms with Gasteiger partial charge in [0.1, 0.15) is 5.75 Å². The maximum absolute atomic E-state index is 12.3. The third kappa shape index (κ3) is 5.21. The maximum atomic E-state index is 12.3. The normalized spacial score (nSPS) is 18.7. The van der Waals surface area contributed by atoms with Crippen LogP contribution in [-0.4, -0.2) is 51.2 Å². The molecule has 1 aliphatic heterocycles. The van der Waals surface area contributed by atoms with Crippen LogP contribution in [0.25, 0.3) is 0 Å². The Morgan fingerprint density at radius 3 is 2.83 bits per heavy atom. The molecule has 1 atom stereocenters. The molecule has 1 aliphatic rings. The second-order valence-electron chi connectivity index (χ2n) is 6.06. The minimum Gasteiger partial charge on any atom is -0.483 e. The van der Waals surface area contributed by atoms with Crippen molar-refractivity contribution in [2.24, 2.45) is 0 Å². The van der Waals surface area contributed by atoms with Crippen molar-refractivity contribution < 1.29 is 17.9 Å². The summed E-state index contributed by atoms with van der Waals surface area (Å²) in [6.45, 7) is 4.95. The number of hydrogen-bond acceptors (Lipinski definition) is 4. The molecule has 1 N–H and O–H groups in total. The Labute approximate surface area is 137 Å². The zero-order valence-corrected chi connectivity index (χ0v) is 14.6. The molecule has 1 heterocycles. The van der Waals surface area contributed by atoms with E-state index in [0.29, 0.717) is 18.8 Å². The first-order valence-electron chi connectivity index (χ1n) is 7.70. The number of aryl methyl sites for hydroxylation is 1. The van der Waals surface area contributed by atoms with Crippen molar-refractivity contribution in [1.29, 1.82) is 0 Å². The van der Waals surface area contributed by atoms with Crippen LogP contribution in [0.1, 0.15) is 24.0 Å². The average Bonchev–Trinajstić information content (AvgIpc) is 2.47. The van der Waals surface area contributed by atoms with E-state index in [2.05, 4.69) is 4.72 Å². The van der Waals surface area contributed by atoms with Crippen molar-refractivity contribution in [3.8, 4) is 5.75 Å². The third-order valence-electron chi connectivity index (χ3n) is 4.06. The monoisotopic (exact) mass is 340 g/mol. The summed E-state index contributed by atoms with van der Waals surface area (Å²) in [4.78, 5) is 14.0. The van der Waals surface area contributed by atoms with Crippen molar-refractivity contribution in [1.82, 2.24) is 9.62 Å². The molecule has 0 aromatic heterocycles. The van der Waals surface area contributed by atoms with E-state index in [-0.39, 0.29) is 18.6 Å². The van der Waals surface area contributed by atoms with Gasteiger partial charge in [-0.05, 0) is 43.9 Å². The number of ether oxygens (including phenoxy) is 1. The van der Waals surface area contributed by atoms with Crippen LogP contribution in [0.5, 0.6) is 5.75 Å². The largest absolute Gasteiger partial charge is 0.483 e. The van der Waals surface area contributed by atoms with Crippen LogP contribution in [-0.2, 0) is 14.8 Å². The second kappa shape index (κ2) is 7.31. The van der Waals surface area contributed by atoms with Gasteiger partial charge in [0.15, 0.2) is 6.61 Å². The molecule has 0 spiro atoms. The molecule has 1 aromatic carbocycles. The number of amides is 1. The number of piperidine rings is 1. The van der Waals surface area contributed by atoms with Gasteiger partial charge in [-0.25, -0.2) is 13.1 Å². The summed E-state index contributed by atoms with van der Waals surface area (Å²) >= 11 is 0. The number of likely N-dealkylation sites (tertiary alicyclic amines) is 1. The Morgan fingerprint density at radius 2 is 2.13 bits per heavy atom. The number of nitrogens with zero attached hydrogens (tertiary/aromatic N) is 1. The van der Waals surface area contributed by atoms with Crippen molar-refractivity contribution in [2.45, 2.75) is 32.7 Å². The van der Waals surface area contributed by atoms with Crippen molar-refractivity contribution >= 4 is 15.9 Å². The predicted molar refractivity (Wildman–Crippen MR) is 89.0 cm³/mol. The van der Waals surface area contributed by atoms with Gasteiger partial charge in [-0.15, -0.1) is 0 Å². The van der Waals surface area contributed by atoms with Crippen LogP contribution < -0.4 is 9.46 Å². The van der Waals surface area contributed by atoms with Crippen LogP contribution in [0, 0.1) is 13.8 Å². The molecule has 0 saturated carbocycles. The summed E-state index contributed by atoms with van der Waals surface area (Å²) in [7, 11) is -3.26. The molecule has 0 unspecified atom stereocenters. The van der Waals surface area contributed by atoms with E-state index in [1.165, 1.54) is 0 Å². The lowest BCUT2D eigenvalue weighted by atomic mass is 10.1. The van der Waals surface area contributed by atoms with E-state index < -0.39 is 10.0 Å². The van der Waals surface area contributed by atoms with Gasteiger partial charge in [0.05, 0.1) is 6.26 Å². The molecular formula is C16H24N2O4S. The highest BCUT2D eigenvalue weighted by Crippen LogP contribution is 2.20. The van der Waals surface area contributed by atoms with E-state index in [1.54, 1.807) is 4.90 Å². The minimum absolute atomic E-state index is 0.0319. The lowest BCUT2D eigenvalue weighted by Gasteiger charge is -2.32. The molecule has 1 fully saturated rings. The quantitative estimate of drug-likeness (QED) is 0.874. The number of nitrogens with one attached hydrogen (secondary N) is 1. The summed E-state index contributed by atoms with van der Waals surface area (Å²) in [5, 5.41) is 0. The SMILES string of the molecule is Cc1cccc(OCC(=O)N2CCC[C@H](NS(C)(=O)=O)C2)c1C. The van der Waals surface area contributed by atoms with Crippen molar-refractivity contribution in [3.63, 3.8) is 0 Å². The molecule has 1 aromatic rings. The number of rotatable bonds is 5. The van der Waals surface area contributed by atoms with Crippen LogP contribution in [0.2, 0.25) is 0 Å². The first-order valence-corrected chi connectivity index (χ1v) is 9.59. The topological polar surface area (TPSA) is 75.7 Å². The van der Waals surface area contributed by atoms with E-state index in [1.807, 2.05) is 32.0 Å². The Balaban J connectivity index is 1.91. The highest BCUT2D eigenvalue weighted by Gasteiger charge is 2.25. The number of sulfonamides is 1. The fourth-order valence-electron chi connectivity index (χ4n) is 2.71. The van der Waals surface area contributed by atoms with Gasteiger partial charge in [0.2, 0.25) is 10.0 Å². The van der Waals surface area contributed by atoms with E-state index in [0.717, 1.165) is 30.2 Å². The maximum Gasteiger partial charge on any atom is 0.260 e. The Kier molecular flexibility index (Phi) is 5.64. The predicted octanol–water partition coefficient (Wildman–Crippen LogP) is 1.22. The first-order chi connectivity index (χ1) is 10.8. The molecule has 2 rings (SSSR count). The van der Waals surface area contributed by atoms with Crippen LogP contribution in [0.3, 0.4) is 0 Å². The average molecular weight is 340 g/mol. The van der Waals surface area contributed by atoms with Gasteiger partial charge in [-0.3, -0.25) is 4.79 Å². The Morgan fingerprint density at radius 1 is 1.39 bits per heavy atom. The lowest BCUT2D eigenvalue weighted by molar-refractivity contribution is -0.134. The van der Waals surface area contributed by atoms with Crippen LogP contribution >= 0.6 is 0 Å². The molecular weight excluding hydrogens is 316 g/mol. The lowest BCUT2D eigenvalue weighted by Crippen LogP contribution is -2.50. The van der Waals surface area contributed by atoms with Gasteiger partial charge < -0.3 is 9.64 Å². The summed E-state index contributed by atoms with van der Waals surface area (Å²) in [5.74, 6) is 0.590. The highest BCUT2D eigenvalue weighted by molar-refractivity contribution is 7.88. The van der Waals surface area contributed by atoms with Gasteiger partial charge in [-0.1, -0.05) is 12.1 Å². The molecule has 23 heavy (non-hydrogen) atoms. The van der Waals surface area contributed by atoms with E-state index in [9.17, 15) is 13.2 Å². The number of carbonyl (C=O) groups is 1. The smallest absolute Gasteiger partial charge is 0.260 e. The van der Waals surface area contributed by atoms with Crippen LogP contribution in [0.4, 0.5) is 0 Å². The summed E-state index contributed by atoms with van der Waals surface area (Å²) in [6, 6.07) is 5.52. The van der Waals surface area contributed by atoms with E-state index in [4.69, 9.17) is 4.74 Å². The zero-order chi connectivity index (χ0) is 17.0. The molecule has 0 radical (unpaired) electrons. The van der Waals surface area contributed by atoms with E-state index >= 15 is 0 Å². The standard InChI is InChI=1S/C16H24N2O4S/c1-12-6-4-8-15(13(12)2)22-11-16(19)18-9-5-7-14(10-18)17-23(3,20)21/h4,6,8,14,17H,5,7,9-11H2,1-3H3/t14-/m0/s1.